The molecule has 0 unspecified atom stereocenters. The molecule has 21 heavy (non-hydrogen) atoms. The first-order valence-electron chi connectivity index (χ1n) is 6.95. The van der Waals surface area contributed by atoms with Crippen molar-refractivity contribution in [3.63, 3.8) is 0 Å². The molecule has 2 aromatic rings. The van der Waals surface area contributed by atoms with Crippen LogP contribution >= 0.6 is 11.3 Å². The zero-order chi connectivity index (χ0) is 15.6. The monoisotopic (exact) mass is 303 g/mol. The topological polar surface area (TPSA) is 54.9 Å². The average molecular weight is 303 g/mol. The van der Waals surface area contributed by atoms with Crippen LogP contribution < -0.4 is 5.32 Å². The third-order valence-corrected chi connectivity index (χ3v) is 3.98. The first-order chi connectivity index (χ1) is 9.74. The van der Waals surface area contributed by atoms with Gasteiger partial charge in [0.15, 0.2) is 0 Å². The second-order valence-electron chi connectivity index (χ2n) is 6.49. The number of carbonyl (C=O) groups is 1. The smallest absolute Gasteiger partial charge is 0.257 e. The van der Waals surface area contributed by atoms with E-state index in [9.17, 15) is 4.79 Å². The van der Waals surface area contributed by atoms with Crippen LogP contribution in [0.4, 0.5) is 5.13 Å². The Bertz CT molecular complexity index is 656. The summed E-state index contributed by atoms with van der Waals surface area (Å²) >= 11 is 1.44. The highest BCUT2D eigenvalue weighted by Gasteiger charge is 2.16. The zero-order valence-electron chi connectivity index (χ0n) is 13.2. The largest absolute Gasteiger partial charge is 0.296 e. The van der Waals surface area contributed by atoms with Crippen LogP contribution in [0, 0.1) is 19.3 Å². The van der Waals surface area contributed by atoms with Gasteiger partial charge in [0.25, 0.3) is 5.91 Å². The normalized spacial score (nSPS) is 11.5. The van der Waals surface area contributed by atoms with E-state index in [0.29, 0.717) is 10.7 Å². The lowest BCUT2D eigenvalue weighted by Crippen LogP contribution is -2.12. The molecule has 1 aromatic carbocycles. The summed E-state index contributed by atoms with van der Waals surface area (Å²) in [6.07, 6.45) is 0.851. The van der Waals surface area contributed by atoms with E-state index < -0.39 is 0 Å². The molecule has 1 aromatic heterocycles. The maximum absolute atomic E-state index is 12.2. The number of rotatable bonds is 3. The van der Waals surface area contributed by atoms with Gasteiger partial charge in [-0.2, -0.15) is 0 Å². The van der Waals surface area contributed by atoms with Crippen LogP contribution in [-0.4, -0.2) is 16.1 Å². The minimum Gasteiger partial charge on any atom is -0.296 e. The number of hydrogen-bond acceptors (Lipinski definition) is 4. The molecular formula is C16H21N3OS. The fourth-order valence-electron chi connectivity index (χ4n) is 1.88. The minimum atomic E-state index is -0.142. The molecule has 4 nitrogen and oxygen atoms in total. The van der Waals surface area contributed by atoms with E-state index in [1.807, 2.05) is 32.0 Å². The van der Waals surface area contributed by atoms with Gasteiger partial charge in [-0.25, -0.2) is 0 Å². The number of nitrogens with one attached hydrogen (secondary N) is 1. The molecule has 0 spiro atoms. The van der Waals surface area contributed by atoms with Crippen molar-refractivity contribution in [3.05, 3.63) is 39.9 Å². The number of carbonyl (C=O) groups excluding carboxylic acids is 1. The summed E-state index contributed by atoms with van der Waals surface area (Å²) in [6, 6.07) is 5.67. The van der Waals surface area contributed by atoms with Crippen LogP contribution in [0.25, 0.3) is 0 Å². The molecule has 112 valence electrons. The van der Waals surface area contributed by atoms with Gasteiger partial charge < -0.3 is 0 Å². The van der Waals surface area contributed by atoms with E-state index in [2.05, 4.69) is 36.3 Å². The molecule has 1 N–H and O–H groups in total. The molecule has 0 saturated carbocycles. The first kappa shape index (κ1) is 15.6. The van der Waals surface area contributed by atoms with Crippen LogP contribution in [-0.2, 0) is 6.42 Å². The molecule has 0 bridgehead atoms. The summed E-state index contributed by atoms with van der Waals surface area (Å²) in [5, 5.41) is 12.5. The molecular weight excluding hydrogens is 282 g/mol. The van der Waals surface area contributed by atoms with Gasteiger partial charge in [-0.1, -0.05) is 38.2 Å². The molecule has 0 aliphatic rings. The number of benzene rings is 1. The molecule has 0 fully saturated rings. The van der Waals surface area contributed by atoms with Gasteiger partial charge in [-0.3, -0.25) is 10.1 Å². The Hall–Kier alpha value is -1.75. The van der Waals surface area contributed by atoms with Crippen molar-refractivity contribution in [2.45, 2.75) is 41.0 Å². The number of hydrogen-bond donors (Lipinski definition) is 1. The Balaban J connectivity index is 2.07. The van der Waals surface area contributed by atoms with Crippen LogP contribution in [0.5, 0.6) is 0 Å². The number of aryl methyl sites for hydroxylation is 2. The van der Waals surface area contributed by atoms with Gasteiger partial charge in [0.05, 0.1) is 0 Å². The predicted octanol–water partition coefficient (Wildman–Crippen LogP) is 4.00. The summed E-state index contributed by atoms with van der Waals surface area (Å²) in [7, 11) is 0. The fourth-order valence-corrected chi connectivity index (χ4v) is 2.92. The second kappa shape index (κ2) is 5.93. The minimum absolute atomic E-state index is 0.142. The molecule has 0 saturated heterocycles. The van der Waals surface area contributed by atoms with Crippen LogP contribution in [0.2, 0.25) is 0 Å². The highest BCUT2D eigenvalue weighted by molar-refractivity contribution is 7.15. The highest BCUT2D eigenvalue weighted by Crippen LogP contribution is 2.25. The first-order valence-corrected chi connectivity index (χ1v) is 7.77. The van der Waals surface area contributed by atoms with Gasteiger partial charge in [0.1, 0.15) is 5.01 Å². The second-order valence-corrected chi connectivity index (χ2v) is 7.55. The lowest BCUT2D eigenvalue weighted by atomic mass is 9.93. The van der Waals surface area contributed by atoms with Gasteiger partial charge in [-0.15, -0.1) is 10.2 Å². The summed E-state index contributed by atoms with van der Waals surface area (Å²) in [5.41, 5.74) is 3.09. The SMILES string of the molecule is Cc1ccc(C(=O)Nc2nnc(CC(C)(C)C)s2)cc1C. The van der Waals surface area contributed by atoms with Crippen molar-refractivity contribution < 1.29 is 4.79 Å². The van der Waals surface area contributed by atoms with Crippen molar-refractivity contribution in [2.75, 3.05) is 5.32 Å². The van der Waals surface area contributed by atoms with Crippen molar-refractivity contribution >= 4 is 22.4 Å². The van der Waals surface area contributed by atoms with E-state index in [-0.39, 0.29) is 11.3 Å². The quantitative estimate of drug-likeness (QED) is 0.932. The van der Waals surface area contributed by atoms with Gasteiger partial charge in [-0.05, 0) is 42.5 Å². The van der Waals surface area contributed by atoms with Gasteiger partial charge in [0, 0.05) is 12.0 Å². The predicted molar refractivity (Wildman–Crippen MR) is 86.9 cm³/mol. The molecule has 0 aliphatic carbocycles. The highest BCUT2D eigenvalue weighted by atomic mass is 32.1. The van der Waals surface area contributed by atoms with Gasteiger partial charge >= 0.3 is 0 Å². The lowest BCUT2D eigenvalue weighted by molar-refractivity contribution is 0.102. The van der Waals surface area contributed by atoms with E-state index in [4.69, 9.17) is 0 Å². The van der Waals surface area contributed by atoms with E-state index in [1.54, 1.807) is 0 Å². The number of aromatic nitrogens is 2. The summed E-state index contributed by atoms with van der Waals surface area (Å²) in [4.78, 5) is 12.2. The van der Waals surface area contributed by atoms with E-state index >= 15 is 0 Å². The Labute approximate surface area is 129 Å². The molecule has 5 heteroatoms. The maximum atomic E-state index is 12.2. The van der Waals surface area contributed by atoms with Gasteiger partial charge in [0.2, 0.25) is 5.13 Å². The Morgan fingerprint density at radius 1 is 1.19 bits per heavy atom. The van der Waals surface area contributed by atoms with Crippen molar-refractivity contribution in [3.8, 4) is 0 Å². The Morgan fingerprint density at radius 3 is 2.52 bits per heavy atom. The van der Waals surface area contributed by atoms with Crippen LogP contribution in [0.3, 0.4) is 0 Å². The zero-order valence-corrected chi connectivity index (χ0v) is 14.0. The summed E-state index contributed by atoms with van der Waals surface area (Å²) < 4.78 is 0. The third kappa shape index (κ3) is 4.36. The molecule has 1 amide bonds. The summed E-state index contributed by atoms with van der Waals surface area (Å²) in [6.45, 7) is 10.5. The van der Waals surface area contributed by atoms with Crippen molar-refractivity contribution in [1.82, 2.24) is 10.2 Å². The number of amides is 1. The molecule has 0 aliphatic heterocycles. The standard InChI is InChI=1S/C16H21N3OS/c1-10-6-7-12(8-11(10)2)14(20)17-15-19-18-13(21-15)9-16(3,4)5/h6-8H,9H2,1-5H3,(H,17,19,20). The van der Waals surface area contributed by atoms with Crippen molar-refractivity contribution in [1.29, 1.82) is 0 Å². The molecule has 1 heterocycles. The summed E-state index contributed by atoms with van der Waals surface area (Å²) in [5.74, 6) is -0.142. The maximum Gasteiger partial charge on any atom is 0.257 e. The molecule has 2 rings (SSSR count). The molecule has 0 atom stereocenters. The van der Waals surface area contributed by atoms with Crippen LogP contribution in [0.15, 0.2) is 18.2 Å². The number of anilines is 1. The van der Waals surface area contributed by atoms with Crippen LogP contribution in [0.1, 0.15) is 47.3 Å². The Morgan fingerprint density at radius 2 is 1.90 bits per heavy atom. The third-order valence-electron chi connectivity index (χ3n) is 3.14. The van der Waals surface area contributed by atoms with Crippen molar-refractivity contribution in [2.24, 2.45) is 5.41 Å². The van der Waals surface area contributed by atoms with E-state index in [0.717, 1.165) is 17.0 Å². The number of nitrogens with zero attached hydrogens (tertiary/aromatic N) is 2. The molecule has 0 radical (unpaired) electrons. The average Bonchev–Trinajstić information content (AvgIpc) is 2.77. The Kier molecular flexibility index (Phi) is 4.42. The van der Waals surface area contributed by atoms with E-state index in [1.165, 1.54) is 16.9 Å². The fraction of sp³-hybridized carbons (Fsp3) is 0.438. The lowest BCUT2D eigenvalue weighted by Gasteiger charge is -2.14.